The SMILES string of the molecule is Cn1cc(N2CCN(C(=O)c3nc4ccccc4cc3Cl)CC2)cn1. The molecule has 2 aromatic heterocycles. The molecule has 0 saturated carbocycles. The van der Waals surface area contributed by atoms with Crippen LogP contribution in [0, 0.1) is 0 Å². The number of hydrogen-bond acceptors (Lipinski definition) is 4. The van der Waals surface area contributed by atoms with Crippen molar-refractivity contribution in [1.29, 1.82) is 0 Å². The van der Waals surface area contributed by atoms with Crippen LogP contribution in [-0.2, 0) is 7.05 Å². The maximum absolute atomic E-state index is 12.9. The molecular formula is C18H18ClN5O. The van der Waals surface area contributed by atoms with Gasteiger partial charge in [0, 0.05) is 44.8 Å². The normalized spacial score (nSPS) is 15.0. The van der Waals surface area contributed by atoms with Crippen molar-refractivity contribution in [2.45, 2.75) is 0 Å². The lowest BCUT2D eigenvalue weighted by atomic mass is 10.2. The number of rotatable bonds is 2. The maximum atomic E-state index is 12.9. The summed E-state index contributed by atoms with van der Waals surface area (Å²) in [6, 6.07) is 9.48. The zero-order valence-corrected chi connectivity index (χ0v) is 14.6. The smallest absolute Gasteiger partial charge is 0.274 e. The molecule has 1 aromatic carbocycles. The Morgan fingerprint density at radius 2 is 1.92 bits per heavy atom. The number of anilines is 1. The molecule has 4 rings (SSSR count). The molecule has 0 N–H and O–H groups in total. The van der Waals surface area contributed by atoms with Crippen molar-refractivity contribution in [1.82, 2.24) is 19.7 Å². The number of amides is 1. The van der Waals surface area contributed by atoms with Crippen LogP contribution in [0.3, 0.4) is 0 Å². The summed E-state index contributed by atoms with van der Waals surface area (Å²) in [6.07, 6.45) is 3.83. The van der Waals surface area contributed by atoms with E-state index in [-0.39, 0.29) is 5.91 Å². The summed E-state index contributed by atoms with van der Waals surface area (Å²) in [5.41, 5.74) is 2.19. The van der Waals surface area contributed by atoms with Crippen LogP contribution >= 0.6 is 11.6 Å². The summed E-state index contributed by atoms with van der Waals surface area (Å²) in [4.78, 5) is 21.4. The van der Waals surface area contributed by atoms with E-state index in [2.05, 4.69) is 15.0 Å². The van der Waals surface area contributed by atoms with Crippen LogP contribution in [0.5, 0.6) is 0 Å². The molecule has 7 heteroatoms. The molecule has 1 fully saturated rings. The van der Waals surface area contributed by atoms with Gasteiger partial charge < -0.3 is 9.80 Å². The lowest BCUT2D eigenvalue weighted by molar-refractivity contribution is 0.0741. The predicted molar refractivity (Wildman–Crippen MR) is 98.1 cm³/mol. The highest BCUT2D eigenvalue weighted by atomic mass is 35.5. The molecule has 128 valence electrons. The monoisotopic (exact) mass is 355 g/mol. The second kappa shape index (κ2) is 6.37. The van der Waals surface area contributed by atoms with Gasteiger partial charge in [-0.25, -0.2) is 4.98 Å². The highest BCUT2D eigenvalue weighted by Gasteiger charge is 2.25. The third kappa shape index (κ3) is 3.05. The Morgan fingerprint density at radius 1 is 1.16 bits per heavy atom. The van der Waals surface area contributed by atoms with Gasteiger partial charge in [0.05, 0.1) is 22.4 Å². The van der Waals surface area contributed by atoms with E-state index < -0.39 is 0 Å². The van der Waals surface area contributed by atoms with Crippen molar-refractivity contribution >= 4 is 34.1 Å². The number of aromatic nitrogens is 3. The standard InChI is InChI=1S/C18H18ClN5O/c1-22-12-14(11-20-22)23-6-8-24(9-7-23)18(25)17-15(19)10-13-4-2-3-5-16(13)21-17/h2-5,10-12H,6-9H2,1H3. The summed E-state index contributed by atoms with van der Waals surface area (Å²) in [5.74, 6) is -0.110. The van der Waals surface area contributed by atoms with Crippen LogP contribution in [0.1, 0.15) is 10.5 Å². The van der Waals surface area contributed by atoms with E-state index in [0.29, 0.717) is 23.8 Å². The highest BCUT2D eigenvalue weighted by Crippen LogP contribution is 2.23. The van der Waals surface area contributed by atoms with Crippen molar-refractivity contribution in [2.75, 3.05) is 31.1 Å². The third-order valence-corrected chi connectivity index (χ3v) is 4.79. The molecule has 3 aromatic rings. The minimum atomic E-state index is -0.110. The van der Waals surface area contributed by atoms with Crippen molar-refractivity contribution in [3.63, 3.8) is 0 Å². The second-order valence-corrected chi connectivity index (χ2v) is 6.57. The van der Waals surface area contributed by atoms with E-state index in [1.54, 1.807) is 4.68 Å². The van der Waals surface area contributed by atoms with Crippen molar-refractivity contribution in [3.05, 3.63) is 53.4 Å². The molecule has 1 saturated heterocycles. The van der Waals surface area contributed by atoms with E-state index in [9.17, 15) is 4.79 Å². The molecule has 0 unspecified atom stereocenters. The van der Waals surface area contributed by atoms with Crippen LogP contribution in [0.25, 0.3) is 10.9 Å². The lowest BCUT2D eigenvalue weighted by Gasteiger charge is -2.35. The fourth-order valence-corrected chi connectivity index (χ4v) is 3.37. The minimum absolute atomic E-state index is 0.110. The number of piperazine rings is 1. The summed E-state index contributed by atoms with van der Waals surface area (Å²) >= 11 is 6.31. The van der Waals surface area contributed by atoms with E-state index in [1.807, 2.05) is 54.7 Å². The van der Waals surface area contributed by atoms with Gasteiger partial charge in [-0.1, -0.05) is 29.8 Å². The summed E-state index contributed by atoms with van der Waals surface area (Å²) in [7, 11) is 1.90. The summed E-state index contributed by atoms with van der Waals surface area (Å²) in [5, 5.41) is 5.54. The molecule has 0 spiro atoms. The number of benzene rings is 1. The molecule has 6 nitrogen and oxygen atoms in total. The third-order valence-electron chi connectivity index (χ3n) is 4.50. The van der Waals surface area contributed by atoms with Gasteiger partial charge >= 0.3 is 0 Å². The largest absolute Gasteiger partial charge is 0.365 e. The molecule has 0 bridgehead atoms. The van der Waals surface area contributed by atoms with Crippen molar-refractivity contribution < 1.29 is 4.79 Å². The number of carbonyl (C=O) groups is 1. The molecule has 1 amide bonds. The Kier molecular flexibility index (Phi) is 4.05. The molecule has 25 heavy (non-hydrogen) atoms. The average molecular weight is 356 g/mol. The maximum Gasteiger partial charge on any atom is 0.274 e. The van der Waals surface area contributed by atoms with Crippen LogP contribution in [-0.4, -0.2) is 51.8 Å². The first-order valence-electron chi connectivity index (χ1n) is 8.20. The Labute approximate surface area is 150 Å². The number of fused-ring (bicyclic) bond motifs is 1. The van der Waals surface area contributed by atoms with Gasteiger partial charge in [-0.2, -0.15) is 5.10 Å². The number of pyridine rings is 1. The van der Waals surface area contributed by atoms with Crippen LogP contribution in [0.2, 0.25) is 5.02 Å². The van der Waals surface area contributed by atoms with Crippen LogP contribution < -0.4 is 4.90 Å². The number of halogens is 1. The van der Waals surface area contributed by atoms with Crippen LogP contribution in [0.4, 0.5) is 5.69 Å². The zero-order valence-electron chi connectivity index (χ0n) is 13.9. The number of nitrogens with zero attached hydrogens (tertiary/aromatic N) is 5. The Bertz CT molecular complexity index is 930. The second-order valence-electron chi connectivity index (χ2n) is 6.16. The molecular weight excluding hydrogens is 338 g/mol. The van der Waals surface area contributed by atoms with Gasteiger partial charge in [0.15, 0.2) is 0 Å². The molecule has 0 aliphatic carbocycles. The molecule has 1 aliphatic rings. The Hall–Kier alpha value is -2.60. The lowest BCUT2D eigenvalue weighted by Crippen LogP contribution is -2.49. The van der Waals surface area contributed by atoms with E-state index in [4.69, 9.17) is 11.6 Å². The molecule has 1 aliphatic heterocycles. The van der Waals surface area contributed by atoms with Gasteiger partial charge in [-0.15, -0.1) is 0 Å². The number of para-hydroxylation sites is 1. The fourth-order valence-electron chi connectivity index (χ4n) is 3.13. The molecule has 0 atom stereocenters. The predicted octanol–water partition coefficient (Wildman–Crippen LogP) is 2.58. The van der Waals surface area contributed by atoms with E-state index in [0.717, 1.165) is 29.7 Å². The van der Waals surface area contributed by atoms with Gasteiger partial charge in [0.2, 0.25) is 0 Å². The minimum Gasteiger partial charge on any atom is -0.365 e. The highest BCUT2D eigenvalue weighted by molar-refractivity contribution is 6.34. The first kappa shape index (κ1) is 15.9. The first-order chi connectivity index (χ1) is 12.1. The van der Waals surface area contributed by atoms with Gasteiger partial charge in [-0.3, -0.25) is 9.48 Å². The topological polar surface area (TPSA) is 54.3 Å². The molecule has 0 radical (unpaired) electrons. The van der Waals surface area contributed by atoms with Gasteiger partial charge in [0.25, 0.3) is 5.91 Å². The van der Waals surface area contributed by atoms with Crippen molar-refractivity contribution in [3.8, 4) is 0 Å². The zero-order chi connectivity index (χ0) is 17.4. The van der Waals surface area contributed by atoms with Gasteiger partial charge in [0.1, 0.15) is 5.69 Å². The first-order valence-corrected chi connectivity index (χ1v) is 8.58. The van der Waals surface area contributed by atoms with Crippen LogP contribution in [0.15, 0.2) is 42.7 Å². The number of aryl methyl sites for hydroxylation is 1. The number of carbonyl (C=O) groups excluding carboxylic acids is 1. The average Bonchev–Trinajstić information content (AvgIpc) is 3.07. The number of hydrogen-bond donors (Lipinski definition) is 0. The summed E-state index contributed by atoms with van der Waals surface area (Å²) in [6.45, 7) is 2.81. The van der Waals surface area contributed by atoms with Gasteiger partial charge in [-0.05, 0) is 12.1 Å². The quantitative estimate of drug-likeness (QED) is 0.709. The van der Waals surface area contributed by atoms with E-state index in [1.165, 1.54) is 0 Å². The Balaban J connectivity index is 1.51. The van der Waals surface area contributed by atoms with Crippen molar-refractivity contribution in [2.24, 2.45) is 7.05 Å². The Morgan fingerprint density at radius 3 is 2.64 bits per heavy atom. The fraction of sp³-hybridized carbons (Fsp3) is 0.278. The molecule has 3 heterocycles. The van der Waals surface area contributed by atoms with E-state index >= 15 is 0 Å². The summed E-state index contributed by atoms with van der Waals surface area (Å²) < 4.78 is 1.78.